The molecule has 2 aromatic rings. The number of ether oxygens (including phenoxy) is 1. The van der Waals surface area contributed by atoms with Gasteiger partial charge in [-0.2, -0.15) is 0 Å². The zero-order valence-electron chi connectivity index (χ0n) is 12.0. The van der Waals surface area contributed by atoms with E-state index in [9.17, 15) is 0 Å². The first-order chi connectivity index (χ1) is 10.4. The first-order valence-corrected chi connectivity index (χ1v) is 7.59. The van der Waals surface area contributed by atoms with Gasteiger partial charge in [-0.15, -0.1) is 10.2 Å². The van der Waals surface area contributed by atoms with E-state index in [4.69, 9.17) is 9.15 Å². The molecule has 1 aliphatic carbocycles. The van der Waals surface area contributed by atoms with E-state index in [0.29, 0.717) is 18.1 Å². The third-order valence-corrected chi connectivity index (χ3v) is 4.71. The van der Waals surface area contributed by atoms with Crippen molar-refractivity contribution < 1.29 is 9.15 Å². The Morgan fingerprint density at radius 1 is 1.24 bits per heavy atom. The molecule has 0 bridgehead atoms. The summed E-state index contributed by atoms with van der Waals surface area (Å²) < 4.78 is 13.3. The minimum Gasteiger partial charge on any atom is -0.472 e. The molecule has 4 rings (SSSR count). The Kier molecular flexibility index (Phi) is 3.48. The molecular formula is C15H20N4O2. The lowest BCUT2D eigenvalue weighted by Gasteiger charge is -2.39. The van der Waals surface area contributed by atoms with E-state index < -0.39 is 0 Å². The highest BCUT2D eigenvalue weighted by molar-refractivity contribution is 5.07. The Labute approximate surface area is 123 Å². The predicted octanol–water partition coefficient (Wildman–Crippen LogP) is 1.55. The number of hydrogen-bond acceptors (Lipinski definition) is 5. The third-order valence-electron chi connectivity index (χ3n) is 4.71. The van der Waals surface area contributed by atoms with E-state index >= 15 is 0 Å². The van der Waals surface area contributed by atoms with Crippen molar-refractivity contribution in [3.05, 3.63) is 36.8 Å². The fourth-order valence-corrected chi connectivity index (χ4v) is 3.73. The quantitative estimate of drug-likeness (QED) is 0.854. The van der Waals surface area contributed by atoms with Crippen molar-refractivity contribution in [2.24, 2.45) is 5.92 Å². The van der Waals surface area contributed by atoms with Crippen molar-refractivity contribution in [3.63, 3.8) is 0 Å². The maximum atomic E-state index is 6.09. The summed E-state index contributed by atoms with van der Waals surface area (Å²) in [6, 6.07) is 2.57. The van der Waals surface area contributed by atoms with Crippen LogP contribution in [0.4, 0.5) is 0 Å². The van der Waals surface area contributed by atoms with Gasteiger partial charge in [0, 0.05) is 37.2 Å². The molecule has 2 aliphatic rings. The third kappa shape index (κ3) is 2.61. The second kappa shape index (κ2) is 5.61. The maximum absolute atomic E-state index is 6.09. The summed E-state index contributed by atoms with van der Waals surface area (Å²) in [4.78, 5) is 2.55. The molecular weight excluding hydrogens is 268 g/mol. The molecule has 1 saturated carbocycles. The van der Waals surface area contributed by atoms with Crippen LogP contribution < -0.4 is 0 Å². The van der Waals surface area contributed by atoms with E-state index in [1.54, 1.807) is 18.9 Å². The number of nitrogens with zero attached hydrogens (tertiary/aromatic N) is 4. The molecule has 2 fully saturated rings. The summed E-state index contributed by atoms with van der Waals surface area (Å²) in [6.07, 6.45) is 9.90. The van der Waals surface area contributed by atoms with Crippen LogP contribution in [0.3, 0.4) is 0 Å². The fraction of sp³-hybridized carbons (Fsp3) is 0.600. The lowest BCUT2D eigenvalue weighted by molar-refractivity contribution is -0.0786. The topological polar surface area (TPSA) is 56.3 Å². The van der Waals surface area contributed by atoms with E-state index in [-0.39, 0.29) is 0 Å². The Hall–Kier alpha value is -1.66. The summed E-state index contributed by atoms with van der Waals surface area (Å²) in [5.74, 6) is 0.554. The van der Waals surface area contributed by atoms with E-state index in [1.165, 1.54) is 18.4 Å². The zero-order chi connectivity index (χ0) is 14.1. The normalized spacial score (nSPS) is 29.6. The monoisotopic (exact) mass is 288 g/mol. The Morgan fingerprint density at radius 2 is 2.14 bits per heavy atom. The van der Waals surface area contributed by atoms with Crippen LogP contribution in [0.15, 0.2) is 35.7 Å². The Balaban J connectivity index is 1.44. The van der Waals surface area contributed by atoms with Crippen molar-refractivity contribution in [1.82, 2.24) is 19.7 Å². The standard InChI is InChI=1S/C15H20N4O2/c1-2-14-15(13(1)8-18-10-16-17-11-18)21-6-4-19(14)7-12-3-5-20-9-12/h3,5,9-11,13-15H,1-2,4,6-8H2/t13-,14+,15+/m0/s1. The highest BCUT2D eigenvalue weighted by Crippen LogP contribution is 2.36. The van der Waals surface area contributed by atoms with Gasteiger partial charge in [0.15, 0.2) is 0 Å². The van der Waals surface area contributed by atoms with Gasteiger partial charge in [0.25, 0.3) is 0 Å². The Bertz CT molecular complexity index is 554. The van der Waals surface area contributed by atoms with Crippen molar-refractivity contribution in [3.8, 4) is 0 Å². The molecule has 2 aromatic heterocycles. The molecule has 0 radical (unpaired) electrons. The highest BCUT2D eigenvalue weighted by Gasteiger charge is 2.42. The summed E-state index contributed by atoms with van der Waals surface area (Å²) >= 11 is 0. The zero-order valence-corrected chi connectivity index (χ0v) is 12.0. The molecule has 1 saturated heterocycles. The predicted molar refractivity (Wildman–Crippen MR) is 75.4 cm³/mol. The van der Waals surface area contributed by atoms with E-state index in [0.717, 1.165) is 26.2 Å². The number of hydrogen-bond donors (Lipinski definition) is 0. The number of furan rings is 1. The fourth-order valence-electron chi connectivity index (χ4n) is 3.73. The van der Waals surface area contributed by atoms with Crippen molar-refractivity contribution in [1.29, 1.82) is 0 Å². The number of morpholine rings is 1. The lowest BCUT2D eigenvalue weighted by atomic mass is 10.0. The van der Waals surface area contributed by atoms with Gasteiger partial charge in [-0.05, 0) is 18.9 Å². The number of fused-ring (bicyclic) bond motifs is 1. The molecule has 21 heavy (non-hydrogen) atoms. The van der Waals surface area contributed by atoms with Gasteiger partial charge in [-0.1, -0.05) is 0 Å². The average molecular weight is 288 g/mol. The van der Waals surface area contributed by atoms with Gasteiger partial charge in [0.2, 0.25) is 0 Å². The van der Waals surface area contributed by atoms with Gasteiger partial charge < -0.3 is 13.7 Å². The molecule has 0 N–H and O–H groups in total. The van der Waals surface area contributed by atoms with Crippen LogP contribution in [-0.4, -0.2) is 45.0 Å². The van der Waals surface area contributed by atoms with Crippen molar-refractivity contribution >= 4 is 0 Å². The molecule has 1 aliphatic heterocycles. The van der Waals surface area contributed by atoms with E-state index in [1.807, 2.05) is 12.3 Å². The number of rotatable bonds is 4. The molecule has 112 valence electrons. The van der Waals surface area contributed by atoms with Crippen LogP contribution in [0.2, 0.25) is 0 Å². The first kappa shape index (κ1) is 13.0. The molecule has 3 heterocycles. The molecule has 0 spiro atoms. The van der Waals surface area contributed by atoms with Crippen LogP contribution in [-0.2, 0) is 17.8 Å². The summed E-state index contributed by atoms with van der Waals surface area (Å²) in [5, 5.41) is 7.77. The summed E-state index contributed by atoms with van der Waals surface area (Å²) in [6.45, 7) is 3.73. The van der Waals surface area contributed by atoms with Crippen LogP contribution in [0.5, 0.6) is 0 Å². The Morgan fingerprint density at radius 3 is 2.95 bits per heavy atom. The summed E-state index contributed by atoms with van der Waals surface area (Å²) in [5.41, 5.74) is 1.25. The molecule has 0 aromatic carbocycles. The maximum Gasteiger partial charge on any atom is 0.119 e. The largest absolute Gasteiger partial charge is 0.472 e. The highest BCUT2D eigenvalue weighted by atomic mass is 16.5. The minimum absolute atomic E-state index is 0.327. The smallest absolute Gasteiger partial charge is 0.119 e. The lowest BCUT2D eigenvalue weighted by Crippen LogP contribution is -2.50. The molecule has 6 heteroatoms. The van der Waals surface area contributed by atoms with Crippen molar-refractivity contribution in [2.45, 2.75) is 38.1 Å². The van der Waals surface area contributed by atoms with Gasteiger partial charge in [-0.25, -0.2) is 0 Å². The molecule has 3 atom stereocenters. The average Bonchev–Trinajstić information content (AvgIpc) is 3.22. The number of aromatic nitrogens is 3. The van der Waals surface area contributed by atoms with E-state index in [2.05, 4.69) is 19.7 Å². The van der Waals surface area contributed by atoms with Crippen LogP contribution in [0.25, 0.3) is 0 Å². The van der Waals surface area contributed by atoms with Crippen molar-refractivity contribution in [2.75, 3.05) is 13.2 Å². The second-order valence-electron chi connectivity index (χ2n) is 6.00. The first-order valence-electron chi connectivity index (χ1n) is 7.59. The van der Waals surface area contributed by atoms with Crippen LogP contribution in [0.1, 0.15) is 18.4 Å². The minimum atomic E-state index is 0.327. The molecule has 0 amide bonds. The summed E-state index contributed by atoms with van der Waals surface area (Å²) in [7, 11) is 0. The van der Waals surface area contributed by atoms with Gasteiger partial charge >= 0.3 is 0 Å². The SMILES string of the molecule is c1cc(CN2CCO[C@@H]3[C@H](Cn4cnnc4)CC[C@H]32)co1. The molecule has 0 unspecified atom stereocenters. The van der Waals surface area contributed by atoms with Gasteiger partial charge in [0.1, 0.15) is 12.7 Å². The van der Waals surface area contributed by atoms with Crippen LogP contribution in [0, 0.1) is 5.92 Å². The van der Waals surface area contributed by atoms with Crippen LogP contribution >= 0.6 is 0 Å². The van der Waals surface area contributed by atoms with Gasteiger partial charge in [-0.3, -0.25) is 4.90 Å². The van der Waals surface area contributed by atoms with Gasteiger partial charge in [0.05, 0.1) is 25.2 Å². The second-order valence-corrected chi connectivity index (χ2v) is 6.00. The molecule has 6 nitrogen and oxygen atoms in total.